The molecule has 0 spiro atoms. The van der Waals surface area contributed by atoms with Gasteiger partial charge in [0.05, 0.1) is 0 Å². The number of rotatable bonds is 4. The van der Waals surface area contributed by atoms with Crippen LogP contribution < -0.4 is 10.6 Å². The third-order valence-electron chi connectivity index (χ3n) is 4.24. The van der Waals surface area contributed by atoms with Crippen molar-refractivity contribution in [3.63, 3.8) is 0 Å². The zero-order valence-corrected chi connectivity index (χ0v) is 14.0. The summed E-state index contributed by atoms with van der Waals surface area (Å²) in [5.74, 6) is 0.296. The number of aromatic nitrogens is 1. The summed E-state index contributed by atoms with van der Waals surface area (Å²) in [6.45, 7) is 4.90. The lowest BCUT2D eigenvalue weighted by molar-refractivity contribution is 0.0917. The van der Waals surface area contributed by atoms with Crippen molar-refractivity contribution in [2.45, 2.75) is 19.8 Å². The third kappa shape index (κ3) is 4.33. The van der Waals surface area contributed by atoms with Crippen molar-refractivity contribution >= 4 is 18.3 Å². The molecule has 1 aromatic carbocycles. The molecule has 2 N–H and O–H groups in total. The normalized spacial score (nSPS) is 16.4. The fourth-order valence-electron chi connectivity index (χ4n) is 2.68. The summed E-state index contributed by atoms with van der Waals surface area (Å²) < 4.78 is 5.41. The molecule has 0 unspecified atom stereocenters. The first-order valence-corrected chi connectivity index (χ1v) is 7.66. The van der Waals surface area contributed by atoms with E-state index >= 15 is 0 Å². The Bertz CT molecular complexity index is 636. The predicted molar refractivity (Wildman–Crippen MR) is 91.7 cm³/mol. The number of halogens is 1. The Balaban J connectivity index is 0.00000192. The van der Waals surface area contributed by atoms with E-state index in [1.807, 2.05) is 30.3 Å². The fraction of sp³-hybridized carbons (Fsp3) is 0.412. The molecule has 5 nitrogen and oxygen atoms in total. The number of piperidine rings is 1. The number of hydrogen-bond donors (Lipinski definition) is 2. The summed E-state index contributed by atoms with van der Waals surface area (Å²) in [7, 11) is 0. The minimum atomic E-state index is -0.175. The maximum atomic E-state index is 12.2. The van der Waals surface area contributed by atoms with Gasteiger partial charge in [-0.2, -0.15) is 0 Å². The SMILES string of the molecule is CC1(CNC(=O)c2coc(-c3ccccc3)n2)CCNCC1.Cl. The average molecular weight is 336 g/mol. The first-order valence-electron chi connectivity index (χ1n) is 7.66. The molecule has 0 bridgehead atoms. The molecule has 124 valence electrons. The molecule has 1 aliphatic heterocycles. The molecule has 0 atom stereocenters. The van der Waals surface area contributed by atoms with Gasteiger partial charge in [0.15, 0.2) is 5.69 Å². The second kappa shape index (κ2) is 7.62. The smallest absolute Gasteiger partial charge is 0.273 e. The standard InChI is InChI=1S/C17H21N3O2.ClH/c1-17(7-9-18-10-8-17)12-19-15(21)14-11-22-16(20-14)13-5-3-2-4-6-13;/h2-6,11,18H,7-10,12H2,1H3,(H,19,21);1H. The first kappa shape index (κ1) is 17.5. The van der Waals surface area contributed by atoms with E-state index < -0.39 is 0 Å². The molecule has 23 heavy (non-hydrogen) atoms. The number of oxazole rings is 1. The van der Waals surface area contributed by atoms with E-state index in [1.165, 1.54) is 6.26 Å². The highest BCUT2D eigenvalue weighted by atomic mass is 35.5. The molecule has 0 aliphatic carbocycles. The zero-order chi connectivity index (χ0) is 15.4. The summed E-state index contributed by atoms with van der Waals surface area (Å²) in [5.41, 5.74) is 1.36. The third-order valence-corrected chi connectivity index (χ3v) is 4.24. The van der Waals surface area contributed by atoms with Gasteiger partial charge in [0, 0.05) is 12.1 Å². The van der Waals surface area contributed by atoms with Crippen LogP contribution in [0.4, 0.5) is 0 Å². The lowest BCUT2D eigenvalue weighted by Gasteiger charge is -2.33. The van der Waals surface area contributed by atoms with E-state index in [0.29, 0.717) is 18.1 Å². The molecular weight excluding hydrogens is 314 g/mol. The Morgan fingerprint density at radius 3 is 2.70 bits per heavy atom. The number of benzene rings is 1. The number of nitrogens with zero attached hydrogens (tertiary/aromatic N) is 1. The van der Waals surface area contributed by atoms with Gasteiger partial charge in [-0.25, -0.2) is 4.98 Å². The summed E-state index contributed by atoms with van der Waals surface area (Å²) >= 11 is 0. The maximum absolute atomic E-state index is 12.2. The molecule has 0 saturated carbocycles. The molecule has 3 rings (SSSR count). The summed E-state index contributed by atoms with van der Waals surface area (Å²) in [4.78, 5) is 16.5. The average Bonchev–Trinajstić information content (AvgIpc) is 3.04. The van der Waals surface area contributed by atoms with Crippen molar-refractivity contribution in [3.05, 3.63) is 42.3 Å². The van der Waals surface area contributed by atoms with Crippen LogP contribution >= 0.6 is 12.4 Å². The van der Waals surface area contributed by atoms with E-state index in [4.69, 9.17) is 4.42 Å². The quantitative estimate of drug-likeness (QED) is 0.901. The van der Waals surface area contributed by atoms with Crippen molar-refractivity contribution in [2.24, 2.45) is 5.41 Å². The van der Waals surface area contributed by atoms with Gasteiger partial charge in [0.1, 0.15) is 6.26 Å². The number of nitrogens with one attached hydrogen (secondary N) is 2. The Hall–Kier alpha value is -1.85. The minimum Gasteiger partial charge on any atom is -0.444 e. The highest BCUT2D eigenvalue weighted by Crippen LogP contribution is 2.26. The van der Waals surface area contributed by atoms with Crippen LogP contribution in [-0.2, 0) is 0 Å². The van der Waals surface area contributed by atoms with Gasteiger partial charge >= 0.3 is 0 Å². The van der Waals surface area contributed by atoms with Crippen molar-refractivity contribution < 1.29 is 9.21 Å². The van der Waals surface area contributed by atoms with Crippen molar-refractivity contribution in [3.8, 4) is 11.5 Å². The second-order valence-electron chi connectivity index (χ2n) is 6.15. The molecule has 1 aromatic heterocycles. The van der Waals surface area contributed by atoms with Gasteiger partial charge < -0.3 is 15.1 Å². The van der Waals surface area contributed by atoms with Crippen molar-refractivity contribution in [1.29, 1.82) is 0 Å². The molecule has 1 fully saturated rings. The van der Waals surface area contributed by atoms with Crippen LogP contribution in [0.2, 0.25) is 0 Å². The Morgan fingerprint density at radius 2 is 2.00 bits per heavy atom. The lowest BCUT2D eigenvalue weighted by Crippen LogP contribution is -2.42. The topological polar surface area (TPSA) is 67.2 Å². The van der Waals surface area contributed by atoms with Crippen LogP contribution in [0.5, 0.6) is 0 Å². The predicted octanol–water partition coefficient (Wildman–Crippen LogP) is 2.88. The lowest BCUT2D eigenvalue weighted by atomic mass is 9.81. The largest absolute Gasteiger partial charge is 0.444 e. The van der Waals surface area contributed by atoms with E-state index in [0.717, 1.165) is 31.5 Å². The van der Waals surface area contributed by atoms with E-state index in [1.54, 1.807) is 0 Å². The van der Waals surface area contributed by atoms with Gasteiger partial charge in [0.2, 0.25) is 5.89 Å². The Labute approximate surface area is 142 Å². The van der Waals surface area contributed by atoms with Gasteiger partial charge in [-0.1, -0.05) is 25.1 Å². The summed E-state index contributed by atoms with van der Waals surface area (Å²) in [5, 5.41) is 6.33. The van der Waals surface area contributed by atoms with Crippen LogP contribution in [-0.4, -0.2) is 30.5 Å². The van der Waals surface area contributed by atoms with Gasteiger partial charge in [-0.05, 0) is 43.5 Å². The molecule has 1 saturated heterocycles. The second-order valence-corrected chi connectivity index (χ2v) is 6.15. The molecule has 1 aliphatic rings. The van der Waals surface area contributed by atoms with Crippen LogP contribution in [0.1, 0.15) is 30.3 Å². The molecule has 0 radical (unpaired) electrons. The Morgan fingerprint density at radius 1 is 1.30 bits per heavy atom. The Kier molecular flexibility index (Phi) is 5.80. The van der Waals surface area contributed by atoms with E-state index in [2.05, 4.69) is 22.5 Å². The summed E-state index contributed by atoms with van der Waals surface area (Å²) in [6, 6.07) is 9.57. The number of carbonyl (C=O) groups excluding carboxylic acids is 1. The van der Waals surface area contributed by atoms with Crippen LogP contribution in [0, 0.1) is 5.41 Å². The fourth-order valence-corrected chi connectivity index (χ4v) is 2.68. The van der Waals surface area contributed by atoms with Crippen molar-refractivity contribution in [1.82, 2.24) is 15.6 Å². The number of carbonyl (C=O) groups is 1. The van der Waals surface area contributed by atoms with E-state index in [9.17, 15) is 4.79 Å². The van der Waals surface area contributed by atoms with Gasteiger partial charge in [-0.15, -0.1) is 12.4 Å². The van der Waals surface area contributed by atoms with Gasteiger partial charge in [0.25, 0.3) is 5.91 Å². The van der Waals surface area contributed by atoms with Crippen LogP contribution in [0.15, 0.2) is 41.0 Å². The number of amides is 1. The molecule has 2 heterocycles. The summed E-state index contributed by atoms with van der Waals surface area (Å²) in [6.07, 6.45) is 3.56. The first-order chi connectivity index (χ1) is 10.7. The molecule has 1 amide bonds. The van der Waals surface area contributed by atoms with E-state index in [-0.39, 0.29) is 23.7 Å². The van der Waals surface area contributed by atoms with Crippen LogP contribution in [0.3, 0.4) is 0 Å². The monoisotopic (exact) mass is 335 g/mol. The van der Waals surface area contributed by atoms with Crippen LogP contribution in [0.25, 0.3) is 11.5 Å². The van der Waals surface area contributed by atoms with Crippen molar-refractivity contribution in [2.75, 3.05) is 19.6 Å². The molecule has 6 heteroatoms. The highest BCUT2D eigenvalue weighted by Gasteiger charge is 2.27. The molecular formula is C17H22ClN3O2. The highest BCUT2D eigenvalue weighted by molar-refractivity contribution is 5.92. The maximum Gasteiger partial charge on any atom is 0.273 e. The van der Waals surface area contributed by atoms with Gasteiger partial charge in [-0.3, -0.25) is 4.79 Å². The number of hydrogen-bond acceptors (Lipinski definition) is 4. The molecule has 2 aromatic rings. The minimum absolute atomic E-state index is 0. The zero-order valence-electron chi connectivity index (χ0n) is 13.2.